The molecule has 5 heterocycles. The predicted molar refractivity (Wildman–Crippen MR) is 146 cm³/mol. The van der Waals surface area contributed by atoms with Gasteiger partial charge < -0.3 is 14.3 Å². The van der Waals surface area contributed by atoms with Crippen molar-refractivity contribution in [2.45, 2.75) is 0 Å². The topological polar surface area (TPSA) is 86.2 Å². The number of rotatable bonds is 3. The van der Waals surface area contributed by atoms with Crippen molar-refractivity contribution in [2.75, 3.05) is 7.05 Å². The number of aromatic nitrogens is 4. The lowest BCUT2D eigenvalue weighted by Crippen LogP contribution is -2.33. The van der Waals surface area contributed by atoms with Gasteiger partial charge in [-0.1, -0.05) is 30.3 Å². The number of furan rings is 1. The molecule has 1 N–H and O–H groups in total. The summed E-state index contributed by atoms with van der Waals surface area (Å²) in [5, 5.41) is 11.7. The van der Waals surface area contributed by atoms with Crippen molar-refractivity contribution in [3.8, 4) is 23.1 Å². The second-order valence-corrected chi connectivity index (χ2v) is 9.44. The molecule has 7 aromatic rings. The molecule has 0 saturated carbocycles. The van der Waals surface area contributed by atoms with Gasteiger partial charge >= 0.3 is 5.95 Å². The fourth-order valence-corrected chi connectivity index (χ4v) is 5.48. The van der Waals surface area contributed by atoms with Gasteiger partial charge in [0, 0.05) is 18.2 Å². The van der Waals surface area contributed by atoms with Crippen LogP contribution in [0.2, 0.25) is 0 Å². The molecule has 1 atom stereocenters. The van der Waals surface area contributed by atoms with E-state index in [1.165, 1.54) is 0 Å². The fraction of sp³-hybridized carbons (Fsp3) is 0.0333. The first-order valence-electron chi connectivity index (χ1n) is 12.2. The lowest BCUT2D eigenvalue weighted by atomic mass is 10.2. The second-order valence-electron chi connectivity index (χ2n) is 9.44. The summed E-state index contributed by atoms with van der Waals surface area (Å²) in [7, 11) is 2.10. The molecule has 4 aromatic heterocycles. The van der Waals surface area contributed by atoms with Crippen LogP contribution in [-0.4, -0.2) is 31.7 Å². The smallest absolute Gasteiger partial charge is 0.326 e. The van der Waals surface area contributed by atoms with Crippen molar-refractivity contribution in [2.24, 2.45) is 0 Å². The molecule has 8 rings (SSSR count). The summed E-state index contributed by atoms with van der Waals surface area (Å²) in [6, 6.07) is 29.2. The van der Waals surface area contributed by atoms with E-state index in [-0.39, 0.29) is 5.75 Å². The monoisotopic (exact) mass is 498 g/mol. The number of benzene rings is 3. The minimum Gasteiger partial charge on any atom is -0.507 e. The van der Waals surface area contributed by atoms with Crippen molar-refractivity contribution in [3.05, 3.63) is 97.2 Å². The number of hydrogen-bond acceptors (Lipinski definition) is 6. The molecule has 0 aliphatic carbocycles. The summed E-state index contributed by atoms with van der Waals surface area (Å²) in [5.74, 6) is 2.68. The summed E-state index contributed by atoms with van der Waals surface area (Å²) < 4.78 is 14.5. The SMILES string of the molecule is C[N+]1(c2cccc(Oc3cnc4oc5cccc(O)c5c4c3)n2)c2ccccc2-n2c1nc1ccccc12. The number of pyridine rings is 2. The van der Waals surface area contributed by atoms with Crippen LogP contribution in [0.4, 0.5) is 17.5 Å². The first kappa shape index (κ1) is 20.9. The average Bonchev–Trinajstić information content (AvgIpc) is 3.59. The Morgan fingerprint density at radius 3 is 2.68 bits per heavy atom. The van der Waals surface area contributed by atoms with Crippen LogP contribution in [0.5, 0.6) is 17.4 Å². The zero-order valence-electron chi connectivity index (χ0n) is 20.2. The van der Waals surface area contributed by atoms with Gasteiger partial charge in [0.15, 0.2) is 5.69 Å². The Morgan fingerprint density at radius 1 is 0.895 bits per heavy atom. The van der Waals surface area contributed by atoms with Crippen LogP contribution in [0.1, 0.15) is 0 Å². The normalized spacial score (nSPS) is 16.2. The Bertz CT molecular complexity index is 2060. The van der Waals surface area contributed by atoms with E-state index in [4.69, 9.17) is 19.1 Å². The van der Waals surface area contributed by atoms with Crippen LogP contribution in [0, 0.1) is 0 Å². The Hall–Kier alpha value is -5.21. The largest absolute Gasteiger partial charge is 0.507 e. The van der Waals surface area contributed by atoms with E-state index in [2.05, 4.69) is 34.8 Å². The lowest BCUT2D eigenvalue weighted by molar-refractivity contribution is 0.455. The molecule has 8 nitrogen and oxygen atoms in total. The third-order valence-electron chi connectivity index (χ3n) is 7.24. The van der Waals surface area contributed by atoms with E-state index in [0.29, 0.717) is 38.2 Å². The molecule has 0 bridgehead atoms. The molecule has 0 radical (unpaired) electrons. The van der Waals surface area contributed by atoms with Crippen LogP contribution < -0.4 is 9.22 Å². The number of fused-ring (bicyclic) bond motifs is 8. The van der Waals surface area contributed by atoms with Gasteiger partial charge in [-0.25, -0.2) is 9.55 Å². The van der Waals surface area contributed by atoms with E-state index >= 15 is 0 Å². The molecule has 38 heavy (non-hydrogen) atoms. The maximum atomic E-state index is 10.4. The van der Waals surface area contributed by atoms with Gasteiger partial charge in [-0.15, -0.1) is 0 Å². The highest BCUT2D eigenvalue weighted by atomic mass is 16.5. The summed E-state index contributed by atoms with van der Waals surface area (Å²) in [5.41, 5.74) is 5.14. The van der Waals surface area contributed by atoms with Gasteiger partial charge in [0.05, 0.1) is 35.1 Å². The first-order chi connectivity index (χ1) is 18.6. The number of aromatic hydroxyl groups is 1. The molecule has 1 unspecified atom stereocenters. The summed E-state index contributed by atoms with van der Waals surface area (Å²) in [6.45, 7) is 0. The Kier molecular flexibility index (Phi) is 4.08. The number of nitrogens with zero attached hydrogens (tertiary/aromatic N) is 5. The standard InChI is InChI=1S/C30H19N5O3/c1-35(23-11-5-4-10-22(23)34-21-9-3-2-8-20(21)32-30(34)35)26-14-7-15-27(33-26)37-18-16-19-28-24(36)12-6-13-25(28)38-29(19)31-17-18/h2-17H,1H3/p+1. The van der Waals surface area contributed by atoms with E-state index in [1.54, 1.807) is 24.4 Å². The van der Waals surface area contributed by atoms with Crippen molar-refractivity contribution < 1.29 is 14.3 Å². The van der Waals surface area contributed by atoms with Crippen LogP contribution in [-0.2, 0) is 0 Å². The average molecular weight is 499 g/mol. The number of hydrogen-bond donors (Lipinski definition) is 1. The molecule has 1 aliphatic rings. The van der Waals surface area contributed by atoms with Crippen molar-refractivity contribution in [1.82, 2.24) is 24.0 Å². The molecular formula is C30H20N5O3+. The minimum absolute atomic E-state index is 0.133. The van der Waals surface area contributed by atoms with Gasteiger partial charge in [-0.2, -0.15) is 14.5 Å². The first-order valence-corrected chi connectivity index (χ1v) is 12.2. The van der Waals surface area contributed by atoms with Crippen LogP contribution in [0.3, 0.4) is 0 Å². The van der Waals surface area contributed by atoms with Crippen molar-refractivity contribution >= 4 is 50.6 Å². The number of imidazole rings is 1. The van der Waals surface area contributed by atoms with Crippen molar-refractivity contribution in [3.63, 3.8) is 0 Å². The Balaban J connectivity index is 1.25. The van der Waals surface area contributed by atoms with Gasteiger partial charge in [0.25, 0.3) is 0 Å². The minimum atomic E-state index is 0.133. The molecule has 1 aliphatic heterocycles. The quantitative estimate of drug-likeness (QED) is 0.261. The summed E-state index contributed by atoms with van der Waals surface area (Å²) >= 11 is 0. The Morgan fingerprint density at radius 2 is 1.74 bits per heavy atom. The lowest BCUT2D eigenvalue weighted by Gasteiger charge is -2.25. The summed E-state index contributed by atoms with van der Waals surface area (Å²) in [6.07, 6.45) is 1.59. The molecule has 3 aromatic carbocycles. The van der Waals surface area contributed by atoms with Crippen molar-refractivity contribution in [1.29, 1.82) is 0 Å². The van der Waals surface area contributed by atoms with Crippen LogP contribution in [0.25, 0.3) is 38.8 Å². The van der Waals surface area contributed by atoms with Crippen LogP contribution >= 0.6 is 0 Å². The highest BCUT2D eigenvalue weighted by Crippen LogP contribution is 2.51. The predicted octanol–water partition coefficient (Wildman–Crippen LogP) is 7.13. The number of quaternary nitrogens is 1. The van der Waals surface area contributed by atoms with E-state index < -0.39 is 0 Å². The molecule has 8 heteroatoms. The second kappa shape index (κ2) is 7.41. The zero-order valence-corrected chi connectivity index (χ0v) is 20.2. The van der Waals surface area contributed by atoms with Gasteiger partial charge in [-0.3, -0.25) is 0 Å². The third-order valence-corrected chi connectivity index (χ3v) is 7.24. The molecule has 0 saturated heterocycles. The van der Waals surface area contributed by atoms with Crippen LogP contribution in [0.15, 0.2) is 102 Å². The van der Waals surface area contributed by atoms with E-state index in [1.807, 2.05) is 54.6 Å². The zero-order chi connectivity index (χ0) is 25.4. The Labute approximate surface area is 216 Å². The molecule has 0 spiro atoms. The highest BCUT2D eigenvalue weighted by molar-refractivity contribution is 6.07. The molecule has 0 fully saturated rings. The van der Waals surface area contributed by atoms with Gasteiger partial charge in [-0.05, 0) is 42.5 Å². The number of para-hydroxylation sites is 4. The maximum Gasteiger partial charge on any atom is 0.326 e. The molecular weight excluding hydrogens is 478 g/mol. The number of ether oxygens (including phenoxy) is 1. The maximum absolute atomic E-state index is 10.4. The van der Waals surface area contributed by atoms with Gasteiger partial charge in [0.1, 0.15) is 22.8 Å². The molecule has 0 amide bonds. The van der Waals surface area contributed by atoms with Gasteiger partial charge in [0.2, 0.25) is 17.4 Å². The number of phenols is 1. The number of phenolic OH excluding ortho intramolecular Hbond substituents is 1. The summed E-state index contributed by atoms with van der Waals surface area (Å²) in [4.78, 5) is 14.4. The molecule has 182 valence electrons. The fourth-order valence-electron chi connectivity index (χ4n) is 5.48. The van der Waals surface area contributed by atoms with E-state index in [9.17, 15) is 5.11 Å². The van der Waals surface area contributed by atoms with E-state index in [0.717, 1.165) is 34.2 Å². The third kappa shape index (κ3) is 2.74. The highest BCUT2D eigenvalue weighted by Gasteiger charge is 2.46.